The van der Waals surface area contributed by atoms with Gasteiger partial charge < -0.3 is 10.2 Å². The SMILES string of the molecule is CCC(NCc1cccs1)(C(=O)O)c1ccc(O)cc1. The van der Waals surface area contributed by atoms with E-state index >= 15 is 0 Å². The van der Waals surface area contributed by atoms with E-state index in [4.69, 9.17) is 0 Å². The Hall–Kier alpha value is -1.85. The minimum absolute atomic E-state index is 0.127. The van der Waals surface area contributed by atoms with Crippen LogP contribution < -0.4 is 5.32 Å². The number of aliphatic carboxylic acids is 1. The summed E-state index contributed by atoms with van der Waals surface area (Å²) in [6.07, 6.45) is 0.415. The number of carboxylic acid groups (broad SMARTS) is 1. The first kappa shape index (κ1) is 14.6. The Bertz CT molecular complexity index is 565. The van der Waals surface area contributed by atoms with Crippen molar-refractivity contribution in [1.82, 2.24) is 5.32 Å². The van der Waals surface area contributed by atoms with E-state index in [9.17, 15) is 15.0 Å². The van der Waals surface area contributed by atoms with Gasteiger partial charge in [0.2, 0.25) is 0 Å². The van der Waals surface area contributed by atoms with Crippen molar-refractivity contribution in [1.29, 1.82) is 0 Å². The largest absolute Gasteiger partial charge is 0.508 e. The summed E-state index contributed by atoms with van der Waals surface area (Å²) in [6, 6.07) is 10.2. The normalized spacial score (nSPS) is 13.8. The van der Waals surface area contributed by atoms with Crippen molar-refractivity contribution in [2.24, 2.45) is 0 Å². The van der Waals surface area contributed by atoms with E-state index in [1.807, 2.05) is 24.4 Å². The first-order valence-electron chi connectivity index (χ1n) is 6.39. The molecular weight excluding hydrogens is 274 g/mol. The number of phenols is 1. The van der Waals surface area contributed by atoms with Crippen LogP contribution in [0.25, 0.3) is 0 Å². The van der Waals surface area contributed by atoms with E-state index < -0.39 is 11.5 Å². The Labute approximate surface area is 121 Å². The fourth-order valence-corrected chi connectivity index (χ4v) is 2.82. The van der Waals surface area contributed by atoms with Crippen molar-refractivity contribution in [3.8, 4) is 5.75 Å². The van der Waals surface area contributed by atoms with Crippen molar-refractivity contribution in [3.63, 3.8) is 0 Å². The third-order valence-corrected chi connectivity index (χ3v) is 4.28. The van der Waals surface area contributed by atoms with Crippen LogP contribution in [0, 0.1) is 0 Å². The monoisotopic (exact) mass is 291 g/mol. The molecular formula is C15H17NO3S. The van der Waals surface area contributed by atoms with Gasteiger partial charge >= 0.3 is 5.97 Å². The highest BCUT2D eigenvalue weighted by Gasteiger charge is 2.38. The van der Waals surface area contributed by atoms with Gasteiger partial charge in [-0.1, -0.05) is 25.1 Å². The van der Waals surface area contributed by atoms with E-state index in [2.05, 4.69) is 5.32 Å². The molecule has 0 spiro atoms. The quantitative estimate of drug-likeness (QED) is 0.765. The maximum atomic E-state index is 11.8. The van der Waals surface area contributed by atoms with Gasteiger partial charge in [0.15, 0.2) is 0 Å². The van der Waals surface area contributed by atoms with E-state index in [1.165, 1.54) is 12.1 Å². The summed E-state index contributed by atoms with van der Waals surface area (Å²) in [5, 5.41) is 24.1. The van der Waals surface area contributed by atoms with Gasteiger partial charge in [0.25, 0.3) is 0 Å². The van der Waals surface area contributed by atoms with Gasteiger partial charge in [-0.05, 0) is 35.6 Å². The van der Waals surface area contributed by atoms with Gasteiger partial charge in [0.1, 0.15) is 11.3 Å². The summed E-state index contributed by atoms with van der Waals surface area (Å²) in [7, 11) is 0. The molecule has 0 saturated carbocycles. The lowest BCUT2D eigenvalue weighted by Gasteiger charge is -2.30. The number of hydrogen-bond acceptors (Lipinski definition) is 4. The maximum absolute atomic E-state index is 11.8. The number of thiophene rings is 1. The fraction of sp³-hybridized carbons (Fsp3) is 0.267. The maximum Gasteiger partial charge on any atom is 0.328 e. The summed E-state index contributed by atoms with van der Waals surface area (Å²) in [6.45, 7) is 2.33. The van der Waals surface area contributed by atoms with Gasteiger partial charge in [-0.2, -0.15) is 0 Å². The molecule has 0 saturated heterocycles. The molecule has 4 nitrogen and oxygen atoms in total. The number of carboxylic acids is 1. The number of hydrogen-bond donors (Lipinski definition) is 3. The first-order valence-corrected chi connectivity index (χ1v) is 7.27. The van der Waals surface area contributed by atoms with Crippen LogP contribution in [-0.2, 0) is 16.9 Å². The molecule has 1 aromatic carbocycles. The highest BCUT2D eigenvalue weighted by molar-refractivity contribution is 7.09. The number of benzene rings is 1. The molecule has 1 heterocycles. The molecule has 0 bridgehead atoms. The molecule has 2 aromatic rings. The molecule has 0 fully saturated rings. The van der Waals surface area contributed by atoms with Crippen molar-refractivity contribution in [2.45, 2.75) is 25.4 Å². The fourth-order valence-electron chi connectivity index (χ4n) is 2.18. The minimum atomic E-state index is -1.14. The van der Waals surface area contributed by atoms with Gasteiger partial charge in [-0.3, -0.25) is 5.32 Å². The second kappa shape index (κ2) is 6.07. The van der Waals surface area contributed by atoms with Crippen LogP contribution in [0.4, 0.5) is 0 Å². The van der Waals surface area contributed by atoms with E-state index in [1.54, 1.807) is 23.5 Å². The standard InChI is InChI=1S/C15H17NO3S/c1-2-15(14(18)19,11-5-7-12(17)8-6-11)16-10-13-4-3-9-20-13/h3-9,16-17H,2,10H2,1H3,(H,18,19). The van der Waals surface area contributed by atoms with E-state index in [-0.39, 0.29) is 5.75 Å². The van der Waals surface area contributed by atoms with Crippen LogP contribution in [-0.4, -0.2) is 16.2 Å². The summed E-state index contributed by atoms with van der Waals surface area (Å²) in [5.74, 6) is -0.787. The Morgan fingerprint density at radius 2 is 2.00 bits per heavy atom. The second-order valence-corrected chi connectivity index (χ2v) is 5.58. The molecule has 5 heteroatoms. The number of rotatable bonds is 6. The molecule has 1 aromatic heterocycles. The molecule has 0 aliphatic carbocycles. The molecule has 0 radical (unpaired) electrons. The minimum Gasteiger partial charge on any atom is -0.508 e. The average molecular weight is 291 g/mol. The zero-order valence-corrected chi connectivity index (χ0v) is 12.0. The summed E-state index contributed by atoms with van der Waals surface area (Å²) < 4.78 is 0. The third-order valence-electron chi connectivity index (χ3n) is 3.40. The second-order valence-electron chi connectivity index (χ2n) is 4.54. The lowest BCUT2D eigenvalue weighted by atomic mass is 9.87. The molecule has 0 amide bonds. The zero-order chi connectivity index (χ0) is 14.6. The van der Waals surface area contributed by atoms with Gasteiger partial charge in [-0.25, -0.2) is 4.79 Å². The lowest BCUT2D eigenvalue weighted by molar-refractivity contribution is -0.145. The first-order chi connectivity index (χ1) is 9.58. The summed E-state index contributed by atoms with van der Waals surface area (Å²) >= 11 is 1.59. The highest BCUT2D eigenvalue weighted by atomic mass is 32.1. The van der Waals surface area contributed by atoms with E-state index in [0.29, 0.717) is 18.5 Å². The number of phenolic OH excluding ortho intramolecular Hbond substituents is 1. The van der Waals surface area contributed by atoms with Crippen LogP contribution in [0.15, 0.2) is 41.8 Å². The van der Waals surface area contributed by atoms with Crippen LogP contribution in [0.5, 0.6) is 5.75 Å². The number of carbonyl (C=O) groups is 1. The zero-order valence-electron chi connectivity index (χ0n) is 11.2. The predicted octanol–water partition coefficient (Wildman–Crippen LogP) is 2.93. The smallest absolute Gasteiger partial charge is 0.328 e. The number of aromatic hydroxyl groups is 1. The summed E-state index contributed by atoms with van der Waals surface area (Å²) in [5.41, 5.74) is -0.501. The van der Waals surface area contributed by atoms with Gasteiger partial charge in [0, 0.05) is 11.4 Å². The molecule has 1 unspecified atom stereocenters. The Morgan fingerprint density at radius 1 is 1.30 bits per heavy atom. The topological polar surface area (TPSA) is 69.6 Å². The van der Waals surface area contributed by atoms with Crippen molar-refractivity contribution >= 4 is 17.3 Å². The Morgan fingerprint density at radius 3 is 2.50 bits per heavy atom. The van der Waals surface area contributed by atoms with E-state index in [0.717, 1.165) is 4.88 Å². The summed E-state index contributed by atoms with van der Waals surface area (Å²) in [4.78, 5) is 12.9. The lowest BCUT2D eigenvalue weighted by Crippen LogP contribution is -2.48. The van der Waals surface area contributed by atoms with Gasteiger partial charge in [-0.15, -0.1) is 11.3 Å². The van der Waals surface area contributed by atoms with Crippen LogP contribution in [0.3, 0.4) is 0 Å². The Kier molecular flexibility index (Phi) is 4.42. The van der Waals surface area contributed by atoms with Crippen LogP contribution >= 0.6 is 11.3 Å². The van der Waals surface area contributed by atoms with Crippen molar-refractivity contribution in [3.05, 3.63) is 52.2 Å². The van der Waals surface area contributed by atoms with Crippen molar-refractivity contribution in [2.75, 3.05) is 0 Å². The molecule has 3 N–H and O–H groups in total. The molecule has 20 heavy (non-hydrogen) atoms. The van der Waals surface area contributed by atoms with Gasteiger partial charge in [0.05, 0.1) is 0 Å². The van der Waals surface area contributed by atoms with Crippen LogP contribution in [0.2, 0.25) is 0 Å². The predicted molar refractivity (Wildman–Crippen MR) is 78.9 cm³/mol. The number of nitrogens with one attached hydrogen (secondary N) is 1. The van der Waals surface area contributed by atoms with Crippen LogP contribution in [0.1, 0.15) is 23.8 Å². The molecule has 2 rings (SSSR count). The molecule has 0 aliphatic rings. The third kappa shape index (κ3) is 2.84. The molecule has 106 valence electrons. The highest BCUT2D eigenvalue weighted by Crippen LogP contribution is 2.28. The average Bonchev–Trinajstić information content (AvgIpc) is 2.94. The Balaban J connectivity index is 2.29. The molecule has 0 aliphatic heterocycles. The van der Waals surface area contributed by atoms with Crippen molar-refractivity contribution < 1.29 is 15.0 Å². The molecule has 1 atom stereocenters.